The quantitative estimate of drug-likeness (QED) is 0.289. The van der Waals surface area contributed by atoms with Crippen LogP contribution < -0.4 is 5.32 Å². The van der Waals surface area contributed by atoms with Gasteiger partial charge in [-0.3, -0.25) is 9.59 Å². The van der Waals surface area contributed by atoms with Gasteiger partial charge in [0.05, 0.1) is 6.42 Å². The molecule has 3 aromatic carbocycles. The van der Waals surface area contributed by atoms with E-state index in [1.54, 1.807) is 24.3 Å². The van der Waals surface area contributed by atoms with E-state index in [9.17, 15) is 14.0 Å². The van der Waals surface area contributed by atoms with Gasteiger partial charge in [0.1, 0.15) is 11.9 Å². The second-order valence-electron chi connectivity index (χ2n) is 9.68. The highest BCUT2D eigenvalue weighted by Gasteiger charge is 2.33. The normalized spacial score (nSPS) is 14.6. The monoisotopic (exact) mass is 574 g/mol. The van der Waals surface area contributed by atoms with Crippen molar-refractivity contribution in [2.45, 2.75) is 63.6 Å². The molecule has 3 aromatic rings. The molecule has 0 bridgehead atoms. The zero-order valence-corrected chi connectivity index (χ0v) is 23.2. The average molecular weight is 576 g/mol. The Kier molecular flexibility index (Phi) is 10.1. The van der Waals surface area contributed by atoms with Crippen molar-refractivity contribution in [1.82, 2.24) is 10.2 Å². The van der Waals surface area contributed by atoms with Crippen molar-refractivity contribution in [2.24, 2.45) is 0 Å². The molecule has 0 heterocycles. The van der Waals surface area contributed by atoms with Crippen LogP contribution in [0.4, 0.5) is 4.39 Å². The fraction of sp³-hybridized carbons (Fsp3) is 0.333. The molecule has 2 amide bonds. The number of rotatable bonds is 9. The zero-order valence-electron chi connectivity index (χ0n) is 20.9. The summed E-state index contributed by atoms with van der Waals surface area (Å²) in [5.74, 6) is -1.23. The summed E-state index contributed by atoms with van der Waals surface area (Å²) in [6.45, 7) is 0.0521. The highest BCUT2D eigenvalue weighted by atomic mass is 35.5. The Morgan fingerprint density at radius 2 is 1.66 bits per heavy atom. The minimum Gasteiger partial charge on any atom is -0.352 e. The van der Waals surface area contributed by atoms with Gasteiger partial charge in [0, 0.05) is 39.6 Å². The molecule has 0 radical (unpaired) electrons. The summed E-state index contributed by atoms with van der Waals surface area (Å²) in [5, 5.41) is 4.19. The molecule has 8 heteroatoms. The predicted molar refractivity (Wildman–Crippen MR) is 151 cm³/mol. The lowest BCUT2D eigenvalue weighted by molar-refractivity contribution is -0.141. The minimum atomic E-state index is -0.843. The van der Waals surface area contributed by atoms with Crippen LogP contribution in [0.5, 0.6) is 0 Å². The molecule has 38 heavy (non-hydrogen) atoms. The Morgan fingerprint density at radius 3 is 2.34 bits per heavy atom. The molecular weight excluding hydrogens is 546 g/mol. The molecule has 1 fully saturated rings. The van der Waals surface area contributed by atoms with Crippen LogP contribution in [0.25, 0.3) is 0 Å². The maximum Gasteiger partial charge on any atom is 0.243 e. The van der Waals surface area contributed by atoms with Gasteiger partial charge in [-0.1, -0.05) is 96.5 Å². The summed E-state index contributed by atoms with van der Waals surface area (Å²) in [4.78, 5) is 29.2. The zero-order chi connectivity index (χ0) is 27.1. The first-order valence-electron chi connectivity index (χ1n) is 12.8. The number of benzene rings is 3. The fourth-order valence-corrected chi connectivity index (χ4v) is 5.58. The van der Waals surface area contributed by atoms with E-state index in [1.807, 2.05) is 30.3 Å². The topological polar surface area (TPSA) is 49.4 Å². The van der Waals surface area contributed by atoms with Crippen molar-refractivity contribution in [2.75, 3.05) is 0 Å². The summed E-state index contributed by atoms with van der Waals surface area (Å²) in [7, 11) is 0. The number of carbonyl (C=O) groups is 2. The van der Waals surface area contributed by atoms with E-state index in [2.05, 4.69) is 5.32 Å². The Morgan fingerprint density at radius 1 is 0.921 bits per heavy atom. The fourth-order valence-electron chi connectivity index (χ4n) is 4.89. The van der Waals surface area contributed by atoms with Crippen LogP contribution in [-0.4, -0.2) is 28.8 Å². The van der Waals surface area contributed by atoms with Crippen LogP contribution in [0.1, 0.15) is 48.8 Å². The summed E-state index contributed by atoms with van der Waals surface area (Å²) >= 11 is 18.8. The first-order chi connectivity index (χ1) is 18.3. The van der Waals surface area contributed by atoms with Gasteiger partial charge in [-0.15, -0.1) is 0 Å². The van der Waals surface area contributed by atoms with Gasteiger partial charge in [0.2, 0.25) is 11.8 Å². The molecule has 4 nitrogen and oxygen atoms in total. The highest BCUT2D eigenvalue weighted by molar-refractivity contribution is 6.35. The number of nitrogens with zero attached hydrogens (tertiary/aromatic N) is 1. The highest BCUT2D eigenvalue weighted by Crippen LogP contribution is 2.26. The molecule has 200 valence electrons. The molecular formula is C30H30Cl3FN2O2. The molecule has 1 N–H and O–H groups in total. The van der Waals surface area contributed by atoms with E-state index in [0.717, 1.165) is 37.7 Å². The maximum absolute atomic E-state index is 14.7. The van der Waals surface area contributed by atoms with Crippen molar-refractivity contribution in [3.63, 3.8) is 0 Å². The van der Waals surface area contributed by atoms with Gasteiger partial charge in [-0.05, 0) is 48.2 Å². The van der Waals surface area contributed by atoms with Gasteiger partial charge in [-0.25, -0.2) is 4.39 Å². The standard InChI is InChI=1S/C30H30Cl3FN2O2/c31-22-15-14-21(26(33)17-22)19-36(29(37)18-24-25(32)12-7-13-27(24)34)28(16-20-8-3-1-4-9-20)30(38)35-23-10-5-2-6-11-23/h1,3-4,7-9,12-15,17,23,28H,2,5-6,10-11,16,18-19H2,(H,35,38). The van der Waals surface area contributed by atoms with Crippen LogP contribution in [0.15, 0.2) is 66.7 Å². The number of carbonyl (C=O) groups excluding carboxylic acids is 2. The molecule has 0 aliphatic heterocycles. The van der Waals surface area contributed by atoms with Crippen molar-refractivity contribution < 1.29 is 14.0 Å². The number of hydrogen-bond donors (Lipinski definition) is 1. The molecule has 1 atom stereocenters. The van der Waals surface area contributed by atoms with Crippen LogP contribution in [0, 0.1) is 5.82 Å². The first kappa shape index (κ1) is 28.4. The van der Waals surface area contributed by atoms with E-state index in [1.165, 1.54) is 17.0 Å². The van der Waals surface area contributed by atoms with Crippen molar-refractivity contribution in [1.29, 1.82) is 0 Å². The summed E-state index contributed by atoms with van der Waals surface area (Å²) in [6, 6.07) is 18.1. The Balaban J connectivity index is 1.71. The minimum absolute atomic E-state index is 0.0521. The van der Waals surface area contributed by atoms with Gasteiger partial charge < -0.3 is 10.2 Å². The van der Waals surface area contributed by atoms with Crippen molar-refractivity contribution in [3.8, 4) is 0 Å². The van der Waals surface area contributed by atoms with Crippen LogP contribution in [0.3, 0.4) is 0 Å². The van der Waals surface area contributed by atoms with Crippen LogP contribution in [0.2, 0.25) is 15.1 Å². The van der Waals surface area contributed by atoms with E-state index in [-0.39, 0.29) is 35.5 Å². The molecule has 0 spiro atoms. The van der Waals surface area contributed by atoms with E-state index < -0.39 is 17.8 Å². The van der Waals surface area contributed by atoms with Crippen LogP contribution in [-0.2, 0) is 29.0 Å². The molecule has 1 aliphatic rings. The predicted octanol–water partition coefficient (Wildman–Crippen LogP) is 7.42. The van der Waals surface area contributed by atoms with E-state index in [0.29, 0.717) is 22.0 Å². The molecule has 1 aliphatic carbocycles. The van der Waals surface area contributed by atoms with Gasteiger partial charge in [0.25, 0.3) is 0 Å². The molecule has 1 saturated carbocycles. The van der Waals surface area contributed by atoms with E-state index >= 15 is 0 Å². The van der Waals surface area contributed by atoms with Gasteiger partial charge >= 0.3 is 0 Å². The largest absolute Gasteiger partial charge is 0.352 e. The van der Waals surface area contributed by atoms with Gasteiger partial charge in [0.15, 0.2) is 0 Å². The SMILES string of the molecule is O=C(NC1CCCCC1)C(Cc1ccccc1)N(Cc1ccc(Cl)cc1Cl)C(=O)Cc1c(F)cccc1Cl. The molecule has 0 aromatic heterocycles. The lowest BCUT2D eigenvalue weighted by Crippen LogP contribution is -2.53. The maximum atomic E-state index is 14.7. The van der Waals surface area contributed by atoms with Gasteiger partial charge in [-0.2, -0.15) is 0 Å². The van der Waals surface area contributed by atoms with Crippen LogP contribution >= 0.6 is 34.8 Å². The van der Waals surface area contributed by atoms with Crippen molar-refractivity contribution in [3.05, 3.63) is 104 Å². The number of amides is 2. The third-order valence-corrected chi connectivity index (χ3v) is 7.91. The second kappa shape index (κ2) is 13.5. The lowest BCUT2D eigenvalue weighted by Gasteiger charge is -2.34. The third-order valence-electron chi connectivity index (χ3n) is 6.97. The Labute approximate surface area is 238 Å². The summed E-state index contributed by atoms with van der Waals surface area (Å²) < 4.78 is 14.7. The third kappa shape index (κ3) is 7.49. The van der Waals surface area contributed by atoms with E-state index in [4.69, 9.17) is 34.8 Å². The number of hydrogen-bond acceptors (Lipinski definition) is 2. The summed E-state index contributed by atoms with van der Waals surface area (Å²) in [6.07, 6.45) is 5.09. The first-order valence-corrected chi connectivity index (χ1v) is 14.0. The Hall–Kier alpha value is -2.60. The number of nitrogens with one attached hydrogen (secondary N) is 1. The second-order valence-corrected chi connectivity index (χ2v) is 10.9. The smallest absolute Gasteiger partial charge is 0.243 e. The molecule has 1 unspecified atom stereocenters. The Bertz CT molecular complexity index is 1250. The molecule has 0 saturated heterocycles. The summed E-state index contributed by atoms with van der Waals surface area (Å²) in [5.41, 5.74) is 1.63. The molecule has 4 rings (SSSR count). The van der Waals surface area contributed by atoms with Crippen molar-refractivity contribution >= 4 is 46.6 Å². The number of halogens is 4. The average Bonchev–Trinajstić information content (AvgIpc) is 2.90. The lowest BCUT2D eigenvalue weighted by atomic mass is 9.94.